The molecule has 0 bridgehead atoms. The van der Waals surface area contributed by atoms with Crippen molar-refractivity contribution >= 4 is 58.9 Å². The van der Waals surface area contributed by atoms with Gasteiger partial charge in [0.1, 0.15) is 12.4 Å². The van der Waals surface area contributed by atoms with Crippen LogP contribution in [0.4, 0.5) is 17.1 Å². The van der Waals surface area contributed by atoms with E-state index in [4.69, 9.17) is 11.6 Å². The summed E-state index contributed by atoms with van der Waals surface area (Å²) in [5.74, 6) is -1.78. The number of halogens is 1. The third-order valence-electron chi connectivity index (χ3n) is 7.85. The van der Waals surface area contributed by atoms with E-state index in [-0.39, 0.29) is 17.4 Å². The predicted molar refractivity (Wildman–Crippen MR) is 169 cm³/mol. The number of nitrogens with zero attached hydrogens (tertiary/aromatic N) is 4. The van der Waals surface area contributed by atoms with E-state index < -0.39 is 12.0 Å². The largest absolute Gasteiger partial charge is 0.478 e. The van der Waals surface area contributed by atoms with Crippen LogP contribution in [0.3, 0.4) is 0 Å². The Hall–Kier alpha value is -4.91. The lowest BCUT2D eigenvalue weighted by Crippen LogP contribution is -2.47. The average Bonchev–Trinajstić information content (AvgIpc) is 3.58. The summed E-state index contributed by atoms with van der Waals surface area (Å²) in [5.41, 5.74) is 10.4. The number of anilines is 3. The van der Waals surface area contributed by atoms with E-state index in [2.05, 4.69) is 37.8 Å². The molecule has 3 aliphatic heterocycles. The van der Waals surface area contributed by atoms with Gasteiger partial charge in [-0.15, -0.1) is 5.53 Å². The Morgan fingerprint density at radius 1 is 1.00 bits per heavy atom. The molecule has 0 spiro atoms. The Morgan fingerprint density at radius 3 is 2.52 bits per heavy atom. The summed E-state index contributed by atoms with van der Waals surface area (Å²) in [5, 5.41) is 21.6. The zero-order valence-corrected chi connectivity index (χ0v) is 24.4. The number of carbonyl (C=O) groups excluding carboxylic acids is 2. The molecule has 1 saturated heterocycles. The average molecular weight is 615 g/mol. The molecule has 1 fully saturated rings. The van der Waals surface area contributed by atoms with Gasteiger partial charge < -0.3 is 25.5 Å². The number of carbonyl (C=O) groups is 3. The molecule has 13 heteroatoms. The summed E-state index contributed by atoms with van der Waals surface area (Å²) in [4.78, 5) is 43.0. The second-order valence-electron chi connectivity index (χ2n) is 10.5. The molecule has 3 aromatic carbocycles. The second-order valence-corrected chi connectivity index (χ2v) is 10.9. The highest BCUT2D eigenvalue weighted by atomic mass is 35.5. The fourth-order valence-corrected chi connectivity index (χ4v) is 5.92. The molecule has 3 heterocycles. The van der Waals surface area contributed by atoms with Gasteiger partial charge in [-0.05, 0) is 72.2 Å². The van der Waals surface area contributed by atoms with Crippen molar-refractivity contribution in [3.05, 3.63) is 94.0 Å². The minimum Gasteiger partial charge on any atom is -0.478 e. The normalized spacial score (nSPS) is 17.8. The van der Waals surface area contributed by atoms with Crippen LogP contribution in [-0.2, 0) is 16.0 Å². The Kier molecular flexibility index (Phi) is 8.46. The van der Waals surface area contributed by atoms with Gasteiger partial charge in [0.2, 0.25) is 5.91 Å². The molecule has 6 rings (SSSR count). The van der Waals surface area contributed by atoms with E-state index >= 15 is 0 Å². The van der Waals surface area contributed by atoms with E-state index in [9.17, 15) is 19.5 Å². The first-order valence-corrected chi connectivity index (χ1v) is 14.6. The molecular weight excluding hydrogens is 584 g/mol. The van der Waals surface area contributed by atoms with Crippen molar-refractivity contribution in [2.75, 3.05) is 47.9 Å². The van der Waals surface area contributed by atoms with Crippen molar-refractivity contribution in [2.45, 2.75) is 12.5 Å². The second kappa shape index (κ2) is 12.8. The number of fused-ring (bicyclic) bond motifs is 1. The molecule has 0 saturated carbocycles. The number of piperazine rings is 1. The third-order valence-corrected chi connectivity index (χ3v) is 8.08. The van der Waals surface area contributed by atoms with Gasteiger partial charge in [0.15, 0.2) is 0 Å². The van der Waals surface area contributed by atoms with Crippen molar-refractivity contribution in [2.24, 2.45) is 5.10 Å². The van der Waals surface area contributed by atoms with Gasteiger partial charge in [-0.25, -0.2) is 15.3 Å². The minimum absolute atomic E-state index is 0.111. The number of carboxylic acid groups (broad SMARTS) is 1. The summed E-state index contributed by atoms with van der Waals surface area (Å²) in [6.07, 6.45) is 5.27. The molecule has 5 N–H and O–H groups in total. The van der Waals surface area contributed by atoms with Gasteiger partial charge in [-0.1, -0.05) is 23.7 Å². The lowest BCUT2D eigenvalue weighted by molar-refractivity contribution is -0.135. The fourth-order valence-electron chi connectivity index (χ4n) is 5.73. The van der Waals surface area contributed by atoms with Crippen LogP contribution in [0.1, 0.15) is 33.1 Å². The third kappa shape index (κ3) is 6.09. The summed E-state index contributed by atoms with van der Waals surface area (Å²) in [6.45, 7) is 3.78. The van der Waals surface area contributed by atoms with Crippen LogP contribution in [0.15, 0.2) is 71.8 Å². The molecule has 1 atom stereocenters. The van der Waals surface area contributed by atoms with Gasteiger partial charge in [0.25, 0.3) is 5.91 Å². The van der Waals surface area contributed by atoms with Gasteiger partial charge in [0, 0.05) is 60.8 Å². The quantitative estimate of drug-likeness (QED) is 0.254. The van der Waals surface area contributed by atoms with Crippen LogP contribution >= 0.6 is 11.6 Å². The first-order chi connectivity index (χ1) is 21.4. The number of benzene rings is 3. The highest BCUT2D eigenvalue weighted by Gasteiger charge is 2.37. The summed E-state index contributed by atoms with van der Waals surface area (Å²) >= 11 is 6.28. The molecule has 2 amide bonds. The molecular formula is C31H31ClN8O4. The van der Waals surface area contributed by atoms with Crippen LogP contribution in [0.25, 0.3) is 6.08 Å². The van der Waals surface area contributed by atoms with Gasteiger partial charge in [-0.3, -0.25) is 9.59 Å². The number of carboxylic acids is 1. The number of rotatable bonds is 7. The van der Waals surface area contributed by atoms with E-state index in [1.165, 1.54) is 18.2 Å². The Morgan fingerprint density at radius 2 is 1.80 bits per heavy atom. The van der Waals surface area contributed by atoms with Crippen molar-refractivity contribution in [1.29, 1.82) is 0 Å². The number of hydrogen-bond acceptors (Lipinski definition) is 9. The van der Waals surface area contributed by atoms with Crippen LogP contribution < -0.4 is 31.6 Å². The van der Waals surface area contributed by atoms with Crippen molar-refractivity contribution in [3.8, 4) is 0 Å². The molecule has 12 nitrogen and oxygen atoms in total. The molecule has 1 unspecified atom stereocenters. The van der Waals surface area contributed by atoms with Crippen LogP contribution in [0.5, 0.6) is 0 Å². The van der Waals surface area contributed by atoms with E-state index in [1.54, 1.807) is 52.7 Å². The number of aromatic carboxylic acids is 1. The Bertz CT molecular complexity index is 1640. The monoisotopic (exact) mass is 614 g/mol. The molecule has 44 heavy (non-hydrogen) atoms. The summed E-state index contributed by atoms with van der Waals surface area (Å²) in [7, 11) is 0. The minimum atomic E-state index is -1.06. The first kappa shape index (κ1) is 29.2. The van der Waals surface area contributed by atoms with Crippen LogP contribution in [-0.4, -0.2) is 66.9 Å². The Labute approximate surface area is 258 Å². The molecule has 0 aromatic heterocycles. The van der Waals surface area contributed by atoms with E-state index in [0.717, 1.165) is 48.7 Å². The predicted octanol–water partition coefficient (Wildman–Crippen LogP) is 3.00. The SMILES string of the molecule is O=C(O)c1ccc(NC(=O)C2c3cccc(N4CCNCC4)c3CCN2C(=O)/C=C/c2cc(Cl)ccc2N2C=NNN2)cc1. The van der Waals surface area contributed by atoms with Gasteiger partial charge >= 0.3 is 5.97 Å². The van der Waals surface area contributed by atoms with Gasteiger partial charge in [-0.2, -0.15) is 5.10 Å². The van der Waals surface area contributed by atoms with Gasteiger partial charge in [0.05, 0.1) is 11.3 Å². The van der Waals surface area contributed by atoms with Crippen LogP contribution in [0, 0.1) is 0 Å². The van der Waals surface area contributed by atoms with E-state index in [0.29, 0.717) is 29.2 Å². The first-order valence-electron chi connectivity index (χ1n) is 14.2. The smallest absolute Gasteiger partial charge is 0.335 e. The number of amides is 2. The maximum atomic E-state index is 14.0. The molecule has 3 aromatic rings. The molecule has 0 radical (unpaired) electrons. The maximum Gasteiger partial charge on any atom is 0.335 e. The molecule has 3 aliphatic rings. The number of hydrazine groups is 2. The number of hydrazone groups is 1. The van der Waals surface area contributed by atoms with Crippen molar-refractivity contribution < 1.29 is 19.5 Å². The zero-order chi connectivity index (χ0) is 30.6. The number of hydrogen-bond donors (Lipinski definition) is 5. The lowest BCUT2D eigenvalue weighted by atomic mass is 9.89. The van der Waals surface area contributed by atoms with Crippen LogP contribution in [0.2, 0.25) is 5.02 Å². The number of nitrogens with one attached hydrogen (secondary N) is 4. The van der Waals surface area contributed by atoms with Crippen molar-refractivity contribution in [3.63, 3.8) is 0 Å². The standard InChI is InChI=1S/C31H31ClN8O4/c32-22-7-10-26(40-19-34-36-37-40)21(18-22)6-11-28(41)39-15-12-24-25(2-1-3-27(24)38-16-13-33-14-17-38)29(39)30(42)35-23-8-4-20(5-9-23)31(43)44/h1-11,18-19,29,33,36-37H,12-17H2,(H,35,42)(H,43,44)/b11-6+. The lowest BCUT2D eigenvalue weighted by Gasteiger charge is -2.39. The molecule has 0 aliphatic carbocycles. The molecule has 226 valence electrons. The summed E-state index contributed by atoms with van der Waals surface area (Å²) < 4.78 is 0. The fraction of sp³-hybridized carbons (Fsp3) is 0.226. The highest BCUT2D eigenvalue weighted by molar-refractivity contribution is 6.30. The Balaban J connectivity index is 1.33. The maximum absolute atomic E-state index is 14.0. The topological polar surface area (TPSA) is 142 Å². The zero-order valence-electron chi connectivity index (χ0n) is 23.7. The van der Waals surface area contributed by atoms with Crippen molar-refractivity contribution in [1.82, 2.24) is 21.3 Å². The summed E-state index contributed by atoms with van der Waals surface area (Å²) in [6, 6.07) is 16.2. The van der Waals surface area contributed by atoms with E-state index in [1.807, 2.05) is 12.1 Å². The highest BCUT2D eigenvalue weighted by Crippen LogP contribution is 2.37.